The molecule has 266 valence electrons. The Morgan fingerprint density at radius 2 is 0.774 bits per heavy atom. The lowest BCUT2D eigenvalue weighted by molar-refractivity contribution is -0.521. The Morgan fingerprint density at radius 1 is 0.415 bits per heavy atom. The van der Waals surface area contributed by atoms with Crippen molar-refractivity contribution in [1.82, 2.24) is 0 Å². The molecule has 0 amide bonds. The maximum atomic E-state index is 12.2. The zero-order valence-corrected chi connectivity index (χ0v) is 28.4. The van der Waals surface area contributed by atoms with E-state index in [0.717, 1.165) is 22.3 Å². The molecule has 0 saturated heterocycles. The second-order valence-electron chi connectivity index (χ2n) is 12.5. The zero-order valence-electron chi connectivity index (χ0n) is 28.4. The molecule has 0 aliphatic rings. The maximum Gasteiger partial charge on any atom is 0.310 e. The van der Waals surface area contributed by atoms with E-state index in [1.807, 2.05) is 60.7 Å². The highest BCUT2D eigenvalue weighted by molar-refractivity contribution is 5.57. The summed E-state index contributed by atoms with van der Waals surface area (Å²) in [6.07, 6.45) is -2.41. The third-order valence-electron chi connectivity index (χ3n) is 8.76. The van der Waals surface area contributed by atoms with Crippen molar-refractivity contribution in [3.8, 4) is 0 Å². The lowest BCUT2D eigenvalue weighted by Crippen LogP contribution is -2.20. The molecule has 53 heavy (non-hydrogen) atoms. The van der Waals surface area contributed by atoms with E-state index in [-0.39, 0.29) is 14.8 Å². The average molecular weight is 709 g/mol. The lowest BCUT2D eigenvalue weighted by atomic mass is 9.97. The first-order chi connectivity index (χ1) is 25.7. The molecule has 0 bridgehead atoms. The van der Waals surface area contributed by atoms with Gasteiger partial charge in [-0.1, -0.05) is 127 Å². The van der Waals surface area contributed by atoms with E-state index in [1.54, 1.807) is 97.1 Å². The fourth-order valence-corrected chi connectivity index (χ4v) is 6.08. The Balaban J connectivity index is 1.23. The molecular formula is C41H36N6O6. The summed E-state index contributed by atoms with van der Waals surface area (Å²) in [5.41, 5.74) is 7.06. The summed E-state index contributed by atoms with van der Waals surface area (Å²) in [4.78, 5) is 34.8. The molecule has 0 aromatic heterocycles. The Morgan fingerprint density at radius 3 is 1.17 bits per heavy atom. The third kappa shape index (κ3) is 9.38. The first-order valence-corrected chi connectivity index (χ1v) is 16.9. The van der Waals surface area contributed by atoms with Gasteiger partial charge in [0.25, 0.3) is 0 Å². The molecule has 0 fully saturated rings. The number of hydrogen-bond acceptors (Lipinski definition) is 9. The van der Waals surface area contributed by atoms with Crippen LogP contribution in [0.15, 0.2) is 158 Å². The van der Waals surface area contributed by atoms with Crippen LogP contribution in [0.3, 0.4) is 0 Å². The Bertz CT molecular complexity index is 2150. The molecule has 3 N–H and O–H groups in total. The van der Waals surface area contributed by atoms with Crippen molar-refractivity contribution < 1.29 is 14.8 Å². The highest BCUT2D eigenvalue weighted by Gasteiger charge is 2.25. The highest BCUT2D eigenvalue weighted by atomic mass is 16.6. The summed E-state index contributed by atoms with van der Waals surface area (Å²) in [6, 6.07) is 46.8. The molecule has 0 saturated carbocycles. The minimum Gasteiger partial charge on any atom is -0.320 e. The van der Waals surface area contributed by atoms with Gasteiger partial charge >= 0.3 is 18.5 Å². The highest BCUT2D eigenvalue weighted by Crippen LogP contribution is 2.29. The number of anilines is 3. The largest absolute Gasteiger partial charge is 0.320 e. The summed E-state index contributed by atoms with van der Waals surface area (Å²) in [6.45, 7) is 0. The van der Waals surface area contributed by atoms with E-state index in [4.69, 9.17) is 0 Å². The molecule has 0 heterocycles. The van der Waals surface area contributed by atoms with Crippen LogP contribution in [0.4, 0.5) is 17.1 Å². The minimum absolute atomic E-state index is 0.358. The van der Waals surface area contributed by atoms with Crippen LogP contribution in [-0.4, -0.2) is 14.8 Å². The van der Waals surface area contributed by atoms with Crippen molar-refractivity contribution in [2.24, 2.45) is 0 Å². The van der Waals surface area contributed by atoms with Gasteiger partial charge in [0.2, 0.25) is 0 Å². The molecule has 0 aliphatic carbocycles. The van der Waals surface area contributed by atoms with Gasteiger partial charge in [-0.3, -0.25) is 30.3 Å². The summed E-state index contributed by atoms with van der Waals surface area (Å²) in [5, 5.41) is 45.0. The van der Waals surface area contributed by atoms with Crippen LogP contribution in [0, 0.1) is 30.3 Å². The van der Waals surface area contributed by atoms with Crippen molar-refractivity contribution in [3.63, 3.8) is 0 Å². The van der Waals surface area contributed by atoms with Gasteiger partial charge in [-0.15, -0.1) is 0 Å². The van der Waals surface area contributed by atoms with Gasteiger partial charge in [-0.25, -0.2) is 0 Å². The maximum absolute atomic E-state index is 12.2. The second kappa shape index (κ2) is 16.8. The quantitative estimate of drug-likeness (QED) is 0.0505. The molecule has 0 spiro atoms. The van der Waals surface area contributed by atoms with Gasteiger partial charge in [0.1, 0.15) is 0 Å². The zero-order chi connectivity index (χ0) is 37.2. The standard InChI is InChI=1S/C41H36N6O6/c48-45(49)39(32-10-4-1-5-11-32)42-36-21-16-29(17-22-36)26-31-20-25-38(44-41(47(52)53)34-14-8-3-9-15-34)35(28-31)27-30-18-23-37(24-19-30)43-40(46(50)51)33-12-6-2-7-13-33/h1-25,28,39-44H,26-27H2. The van der Waals surface area contributed by atoms with Gasteiger partial charge in [-0.05, 0) is 65.4 Å². The second-order valence-corrected chi connectivity index (χ2v) is 12.5. The normalized spacial score (nSPS) is 12.5. The number of hydrogen-bond donors (Lipinski definition) is 3. The summed E-state index contributed by atoms with van der Waals surface area (Å²) in [7, 11) is 0. The summed E-state index contributed by atoms with van der Waals surface area (Å²) >= 11 is 0. The third-order valence-corrected chi connectivity index (χ3v) is 8.76. The fourth-order valence-electron chi connectivity index (χ4n) is 6.08. The summed E-state index contributed by atoms with van der Waals surface area (Å²) in [5.74, 6) is 0. The van der Waals surface area contributed by atoms with Crippen LogP contribution < -0.4 is 16.0 Å². The number of nitro groups is 3. The molecule has 6 aromatic carbocycles. The lowest BCUT2D eigenvalue weighted by Gasteiger charge is -2.18. The van der Waals surface area contributed by atoms with Gasteiger partial charge in [0, 0.05) is 33.8 Å². The van der Waals surface area contributed by atoms with Crippen LogP contribution in [0.25, 0.3) is 0 Å². The Hall–Kier alpha value is -7.08. The van der Waals surface area contributed by atoms with E-state index >= 15 is 0 Å². The number of nitrogens with zero attached hydrogens (tertiary/aromatic N) is 3. The van der Waals surface area contributed by atoms with E-state index < -0.39 is 18.5 Å². The predicted molar refractivity (Wildman–Crippen MR) is 204 cm³/mol. The Kier molecular flexibility index (Phi) is 11.3. The minimum atomic E-state index is -1.18. The van der Waals surface area contributed by atoms with Crippen LogP contribution in [-0.2, 0) is 12.8 Å². The molecule has 12 heteroatoms. The van der Waals surface area contributed by atoms with Gasteiger partial charge in [0.15, 0.2) is 0 Å². The van der Waals surface area contributed by atoms with E-state index in [0.29, 0.717) is 46.6 Å². The monoisotopic (exact) mass is 708 g/mol. The average Bonchev–Trinajstić information content (AvgIpc) is 3.17. The van der Waals surface area contributed by atoms with Gasteiger partial charge in [-0.2, -0.15) is 0 Å². The molecule has 6 aromatic rings. The van der Waals surface area contributed by atoms with Crippen molar-refractivity contribution in [1.29, 1.82) is 0 Å². The molecule has 0 aliphatic heterocycles. The molecule has 12 nitrogen and oxygen atoms in total. The van der Waals surface area contributed by atoms with Crippen molar-refractivity contribution in [2.75, 3.05) is 16.0 Å². The fraction of sp³-hybridized carbons (Fsp3) is 0.122. The Labute approximate surface area is 305 Å². The number of nitrogens with one attached hydrogen (secondary N) is 3. The van der Waals surface area contributed by atoms with Crippen LogP contribution in [0.2, 0.25) is 0 Å². The topological polar surface area (TPSA) is 166 Å². The number of benzene rings is 6. The van der Waals surface area contributed by atoms with E-state index in [2.05, 4.69) is 16.0 Å². The molecule has 3 unspecified atom stereocenters. The first-order valence-electron chi connectivity index (χ1n) is 16.9. The SMILES string of the molecule is O=[N+]([O-])C(Nc1ccc(Cc2ccc(NC(c3ccccc3)[N+](=O)[O-])c(Cc3ccc(NC(c4ccccc4)[N+](=O)[O-])cc3)c2)cc1)c1ccccc1. The molecular weight excluding hydrogens is 672 g/mol. The van der Waals surface area contributed by atoms with Crippen molar-refractivity contribution in [3.05, 3.63) is 227 Å². The molecule has 0 radical (unpaired) electrons. The van der Waals surface area contributed by atoms with Crippen LogP contribution >= 0.6 is 0 Å². The number of rotatable bonds is 16. The smallest absolute Gasteiger partial charge is 0.310 e. The van der Waals surface area contributed by atoms with Crippen molar-refractivity contribution >= 4 is 17.1 Å². The summed E-state index contributed by atoms with van der Waals surface area (Å²) < 4.78 is 0. The van der Waals surface area contributed by atoms with Crippen LogP contribution in [0.5, 0.6) is 0 Å². The van der Waals surface area contributed by atoms with E-state index in [1.165, 1.54) is 0 Å². The van der Waals surface area contributed by atoms with Gasteiger partial charge < -0.3 is 16.0 Å². The molecule has 3 atom stereocenters. The van der Waals surface area contributed by atoms with E-state index in [9.17, 15) is 30.3 Å². The first kappa shape index (κ1) is 35.7. The predicted octanol–water partition coefficient (Wildman–Crippen LogP) is 9.03. The van der Waals surface area contributed by atoms with Crippen molar-refractivity contribution in [2.45, 2.75) is 31.3 Å². The molecule has 6 rings (SSSR count). The van der Waals surface area contributed by atoms with Crippen LogP contribution in [0.1, 0.15) is 57.4 Å². The van der Waals surface area contributed by atoms with Gasteiger partial charge in [0.05, 0.1) is 14.8 Å².